The number of nitrogens with zero attached hydrogens (tertiary/aromatic N) is 4. The van der Waals surface area contributed by atoms with E-state index in [1.165, 1.54) is 0 Å². The third kappa shape index (κ3) is 2.04. The van der Waals surface area contributed by atoms with Crippen LogP contribution in [0.3, 0.4) is 0 Å². The third-order valence-electron chi connectivity index (χ3n) is 4.78. The Balaban J connectivity index is 1.58. The topological polar surface area (TPSA) is 62.5 Å². The number of amides is 1. The number of fused-ring (bicyclic) bond motifs is 2. The number of carbonyl (C=O) groups excluding carboxylic acids is 1. The van der Waals surface area contributed by atoms with Crippen LogP contribution < -0.4 is 4.90 Å². The Morgan fingerprint density at radius 3 is 2.61 bits per heavy atom. The van der Waals surface area contributed by atoms with Crippen LogP contribution in [0.4, 0.5) is 5.82 Å². The molecule has 2 aromatic rings. The van der Waals surface area contributed by atoms with E-state index in [1.807, 2.05) is 17.9 Å². The van der Waals surface area contributed by atoms with Gasteiger partial charge < -0.3 is 14.2 Å². The predicted molar refractivity (Wildman–Crippen MR) is 85.5 cm³/mol. The first-order valence-corrected chi connectivity index (χ1v) is 7.94. The highest BCUT2D eigenvalue weighted by molar-refractivity contribution is 5.92. The number of carbonyl (C=O) groups is 1. The minimum absolute atomic E-state index is 0.0443. The van der Waals surface area contributed by atoms with Crippen LogP contribution in [0.1, 0.15) is 35.9 Å². The molecule has 2 aliphatic rings. The molecule has 0 aliphatic carbocycles. The maximum atomic E-state index is 12.5. The molecule has 2 aliphatic heterocycles. The van der Waals surface area contributed by atoms with E-state index in [0.29, 0.717) is 24.9 Å². The predicted octanol–water partition coefficient (Wildman–Crippen LogP) is 2.00. The normalized spacial score (nSPS) is 18.4. The average Bonchev–Trinajstić information content (AvgIpc) is 3.07. The Hall–Kier alpha value is -2.37. The largest absolute Gasteiger partial charge is 0.456 e. The molecule has 1 amide bonds. The van der Waals surface area contributed by atoms with E-state index in [4.69, 9.17) is 4.42 Å². The highest BCUT2D eigenvalue weighted by Crippen LogP contribution is 2.45. The lowest BCUT2D eigenvalue weighted by molar-refractivity contribution is 0.0384. The van der Waals surface area contributed by atoms with Crippen LogP contribution in [0, 0.1) is 6.92 Å². The van der Waals surface area contributed by atoms with Crippen LogP contribution in [-0.4, -0.2) is 46.5 Å². The summed E-state index contributed by atoms with van der Waals surface area (Å²) in [4.78, 5) is 25.7. The van der Waals surface area contributed by atoms with E-state index >= 15 is 0 Å². The van der Waals surface area contributed by atoms with Gasteiger partial charge in [-0.1, -0.05) is 0 Å². The number of rotatable bonds is 2. The Morgan fingerprint density at radius 1 is 1.22 bits per heavy atom. The summed E-state index contributed by atoms with van der Waals surface area (Å²) in [5.41, 5.74) is 0.930. The van der Waals surface area contributed by atoms with E-state index < -0.39 is 0 Å². The van der Waals surface area contributed by atoms with Crippen molar-refractivity contribution >= 4 is 11.7 Å². The zero-order chi connectivity index (χ0) is 16.2. The van der Waals surface area contributed by atoms with Crippen LogP contribution in [-0.2, 0) is 5.41 Å². The molecule has 0 unspecified atom stereocenters. The fraction of sp³-hybridized carbons (Fsp3) is 0.471. The van der Waals surface area contributed by atoms with Crippen molar-refractivity contribution in [1.82, 2.24) is 14.9 Å². The van der Waals surface area contributed by atoms with Gasteiger partial charge in [0.05, 0.1) is 11.1 Å². The molecule has 0 bridgehead atoms. The summed E-state index contributed by atoms with van der Waals surface area (Å²) in [6, 6.07) is 3.92. The van der Waals surface area contributed by atoms with E-state index in [9.17, 15) is 4.79 Å². The van der Waals surface area contributed by atoms with Crippen molar-refractivity contribution in [2.24, 2.45) is 0 Å². The maximum absolute atomic E-state index is 12.5. The molecule has 23 heavy (non-hydrogen) atoms. The molecule has 6 heteroatoms. The van der Waals surface area contributed by atoms with Crippen LogP contribution in [0.2, 0.25) is 0 Å². The molecule has 0 atom stereocenters. The number of anilines is 1. The summed E-state index contributed by atoms with van der Waals surface area (Å²) in [5.74, 6) is 2.09. The standard InChI is InChI=1S/C17H20N4O2/c1-11(2)21-10-17(14-15(21)19-7-6-18-14)8-20(9-17)16(22)13-5-4-12(3)23-13/h4-7,11H,8-10H2,1-3H3. The molecule has 2 aromatic heterocycles. The lowest BCUT2D eigenvalue weighted by Crippen LogP contribution is -2.63. The van der Waals surface area contributed by atoms with E-state index in [1.54, 1.807) is 18.5 Å². The van der Waals surface area contributed by atoms with Gasteiger partial charge in [0, 0.05) is 38.1 Å². The number of furan rings is 1. The Labute approximate surface area is 135 Å². The molecule has 4 heterocycles. The van der Waals surface area contributed by atoms with Crippen molar-refractivity contribution in [3.63, 3.8) is 0 Å². The molecule has 0 radical (unpaired) electrons. The maximum Gasteiger partial charge on any atom is 0.289 e. The van der Waals surface area contributed by atoms with Crippen LogP contribution >= 0.6 is 0 Å². The SMILES string of the molecule is Cc1ccc(C(=O)N2CC3(C2)CN(C(C)C)c2nccnc23)o1. The molecular weight excluding hydrogens is 292 g/mol. The van der Waals surface area contributed by atoms with E-state index in [0.717, 1.165) is 23.8 Å². The molecule has 6 nitrogen and oxygen atoms in total. The summed E-state index contributed by atoms with van der Waals surface area (Å²) in [6.45, 7) is 8.36. The molecule has 0 saturated carbocycles. The van der Waals surface area contributed by atoms with Gasteiger partial charge in [-0.15, -0.1) is 0 Å². The zero-order valence-electron chi connectivity index (χ0n) is 13.6. The lowest BCUT2D eigenvalue weighted by atomic mass is 9.78. The lowest BCUT2D eigenvalue weighted by Gasteiger charge is -2.47. The van der Waals surface area contributed by atoms with Gasteiger partial charge >= 0.3 is 0 Å². The average molecular weight is 312 g/mol. The van der Waals surface area contributed by atoms with Crippen LogP contribution in [0.15, 0.2) is 28.9 Å². The summed E-state index contributed by atoms with van der Waals surface area (Å²) in [6.07, 6.45) is 3.48. The molecular formula is C17H20N4O2. The van der Waals surface area contributed by atoms with Gasteiger partial charge in [0.1, 0.15) is 5.76 Å². The second-order valence-electron chi connectivity index (χ2n) is 6.80. The molecule has 4 rings (SSSR count). The third-order valence-corrected chi connectivity index (χ3v) is 4.78. The summed E-state index contributed by atoms with van der Waals surface area (Å²) >= 11 is 0. The summed E-state index contributed by atoms with van der Waals surface area (Å²) in [7, 11) is 0. The van der Waals surface area contributed by atoms with Gasteiger partial charge in [-0.05, 0) is 32.9 Å². The fourth-order valence-corrected chi connectivity index (χ4v) is 3.60. The molecule has 0 N–H and O–H groups in total. The molecule has 1 fully saturated rings. The van der Waals surface area contributed by atoms with Crippen LogP contribution in [0.25, 0.3) is 0 Å². The monoisotopic (exact) mass is 312 g/mol. The van der Waals surface area contributed by atoms with Crippen molar-refractivity contribution in [3.05, 3.63) is 41.7 Å². The fourth-order valence-electron chi connectivity index (χ4n) is 3.60. The van der Waals surface area contributed by atoms with Gasteiger partial charge in [0.2, 0.25) is 0 Å². The quantitative estimate of drug-likeness (QED) is 0.849. The highest BCUT2D eigenvalue weighted by Gasteiger charge is 2.55. The molecule has 1 saturated heterocycles. The Morgan fingerprint density at radius 2 is 1.96 bits per heavy atom. The van der Waals surface area contributed by atoms with Gasteiger partial charge in [0.25, 0.3) is 5.91 Å². The smallest absolute Gasteiger partial charge is 0.289 e. The number of hydrogen-bond donors (Lipinski definition) is 0. The first kappa shape index (κ1) is 14.2. The van der Waals surface area contributed by atoms with Crippen LogP contribution in [0.5, 0.6) is 0 Å². The van der Waals surface area contributed by atoms with E-state index in [2.05, 4.69) is 28.7 Å². The minimum atomic E-state index is -0.0921. The van der Waals surface area contributed by atoms with Crippen molar-refractivity contribution in [2.75, 3.05) is 24.5 Å². The number of aryl methyl sites for hydroxylation is 1. The van der Waals surface area contributed by atoms with Crippen molar-refractivity contribution in [3.8, 4) is 0 Å². The minimum Gasteiger partial charge on any atom is -0.456 e. The molecule has 120 valence electrons. The molecule has 0 aromatic carbocycles. The summed E-state index contributed by atoms with van der Waals surface area (Å²) < 4.78 is 5.45. The number of likely N-dealkylation sites (tertiary alicyclic amines) is 1. The Bertz CT molecular complexity index is 761. The number of hydrogen-bond acceptors (Lipinski definition) is 5. The van der Waals surface area contributed by atoms with Crippen molar-refractivity contribution in [2.45, 2.75) is 32.2 Å². The first-order valence-electron chi connectivity index (χ1n) is 7.94. The van der Waals surface area contributed by atoms with Gasteiger partial charge in [-0.2, -0.15) is 0 Å². The Kier molecular flexibility index (Phi) is 2.98. The summed E-state index contributed by atoms with van der Waals surface area (Å²) in [5, 5.41) is 0. The number of aromatic nitrogens is 2. The van der Waals surface area contributed by atoms with Crippen molar-refractivity contribution in [1.29, 1.82) is 0 Å². The zero-order valence-corrected chi connectivity index (χ0v) is 13.6. The van der Waals surface area contributed by atoms with Gasteiger partial charge in [-0.25, -0.2) is 4.98 Å². The van der Waals surface area contributed by atoms with Gasteiger partial charge in [-0.3, -0.25) is 9.78 Å². The second-order valence-corrected chi connectivity index (χ2v) is 6.80. The van der Waals surface area contributed by atoms with E-state index in [-0.39, 0.29) is 11.3 Å². The first-order chi connectivity index (χ1) is 11.0. The van der Waals surface area contributed by atoms with Gasteiger partial charge in [0.15, 0.2) is 11.6 Å². The van der Waals surface area contributed by atoms with Crippen molar-refractivity contribution < 1.29 is 9.21 Å². The highest BCUT2D eigenvalue weighted by atomic mass is 16.3. The second kappa shape index (κ2) is 4.81. The molecule has 1 spiro atoms.